The Labute approximate surface area is 108 Å². The second kappa shape index (κ2) is 6.54. The third-order valence-corrected chi connectivity index (χ3v) is 2.96. The highest BCUT2D eigenvalue weighted by Gasteiger charge is 2.19. The molecule has 5 heteroatoms. The van der Waals surface area contributed by atoms with Crippen molar-refractivity contribution in [2.45, 2.75) is 46.7 Å². The number of aryl methyl sites for hydroxylation is 2. The monoisotopic (exact) mass is 253 g/mol. The standard InChI is InChI=1S/C13H23N3O2/c1-5-6-16-7-11(10(4)15-16)13(18)14-12(8-17)9(2)3/h7,9,12,17H,5-6,8H2,1-4H3,(H,14,18)/t12-/m1/s1. The predicted octanol–water partition coefficient (Wildman–Crippen LogP) is 1.35. The van der Waals surface area contributed by atoms with Crippen LogP contribution in [0, 0.1) is 12.8 Å². The van der Waals surface area contributed by atoms with E-state index in [4.69, 9.17) is 0 Å². The smallest absolute Gasteiger partial charge is 0.255 e. The Bertz CT molecular complexity index is 399. The van der Waals surface area contributed by atoms with E-state index in [9.17, 15) is 9.90 Å². The maximum atomic E-state index is 12.1. The average Bonchev–Trinajstić information content (AvgIpc) is 2.67. The number of carbonyl (C=O) groups excluding carboxylic acids is 1. The van der Waals surface area contributed by atoms with Crippen LogP contribution in [0.15, 0.2) is 6.20 Å². The molecule has 0 aliphatic heterocycles. The van der Waals surface area contributed by atoms with Crippen LogP contribution in [0.3, 0.4) is 0 Å². The van der Waals surface area contributed by atoms with Crippen LogP contribution in [0.5, 0.6) is 0 Å². The van der Waals surface area contributed by atoms with E-state index in [0.29, 0.717) is 5.56 Å². The molecule has 0 saturated heterocycles. The van der Waals surface area contributed by atoms with Gasteiger partial charge >= 0.3 is 0 Å². The predicted molar refractivity (Wildman–Crippen MR) is 70.4 cm³/mol. The summed E-state index contributed by atoms with van der Waals surface area (Å²) in [7, 11) is 0. The molecular weight excluding hydrogens is 230 g/mol. The lowest BCUT2D eigenvalue weighted by Crippen LogP contribution is -2.41. The molecular formula is C13H23N3O2. The number of amides is 1. The fraction of sp³-hybridized carbons (Fsp3) is 0.692. The number of nitrogens with zero attached hydrogens (tertiary/aromatic N) is 2. The van der Waals surface area contributed by atoms with Crippen molar-refractivity contribution < 1.29 is 9.90 Å². The van der Waals surface area contributed by atoms with Gasteiger partial charge in [0.15, 0.2) is 0 Å². The quantitative estimate of drug-likeness (QED) is 0.804. The highest BCUT2D eigenvalue weighted by atomic mass is 16.3. The van der Waals surface area contributed by atoms with Gasteiger partial charge in [0, 0.05) is 12.7 Å². The number of aliphatic hydroxyl groups is 1. The van der Waals surface area contributed by atoms with E-state index in [1.54, 1.807) is 10.9 Å². The van der Waals surface area contributed by atoms with Crippen molar-refractivity contribution in [2.75, 3.05) is 6.61 Å². The second-order valence-corrected chi connectivity index (χ2v) is 4.90. The summed E-state index contributed by atoms with van der Waals surface area (Å²) >= 11 is 0. The molecule has 1 heterocycles. The lowest BCUT2D eigenvalue weighted by Gasteiger charge is -2.19. The van der Waals surface area contributed by atoms with Crippen LogP contribution in [0.25, 0.3) is 0 Å². The summed E-state index contributed by atoms with van der Waals surface area (Å²) in [5, 5.41) is 16.3. The molecule has 0 fully saturated rings. The number of hydrogen-bond acceptors (Lipinski definition) is 3. The summed E-state index contributed by atoms with van der Waals surface area (Å²) in [6, 6.07) is -0.216. The van der Waals surface area contributed by atoms with Gasteiger partial charge < -0.3 is 10.4 Å². The van der Waals surface area contributed by atoms with E-state index in [1.807, 2.05) is 20.8 Å². The molecule has 0 unspecified atom stereocenters. The Balaban J connectivity index is 2.77. The maximum absolute atomic E-state index is 12.1. The van der Waals surface area contributed by atoms with E-state index in [-0.39, 0.29) is 24.5 Å². The number of carbonyl (C=O) groups is 1. The highest BCUT2D eigenvalue weighted by Crippen LogP contribution is 2.08. The van der Waals surface area contributed by atoms with Crippen molar-refractivity contribution in [1.29, 1.82) is 0 Å². The van der Waals surface area contributed by atoms with Gasteiger partial charge in [-0.05, 0) is 19.3 Å². The molecule has 1 aromatic rings. The SMILES string of the molecule is CCCn1cc(C(=O)N[C@H](CO)C(C)C)c(C)n1. The normalized spacial score (nSPS) is 12.8. The third-order valence-electron chi connectivity index (χ3n) is 2.96. The number of nitrogens with one attached hydrogen (secondary N) is 1. The Morgan fingerprint density at radius 2 is 2.22 bits per heavy atom. The van der Waals surface area contributed by atoms with Crippen LogP contribution in [-0.2, 0) is 6.54 Å². The summed E-state index contributed by atoms with van der Waals surface area (Å²) in [5.41, 5.74) is 1.31. The highest BCUT2D eigenvalue weighted by molar-refractivity contribution is 5.95. The first kappa shape index (κ1) is 14.7. The number of aromatic nitrogens is 2. The molecule has 0 aliphatic rings. The topological polar surface area (TPSA) is 67.2 Å². The van der Waals surface area contributed by atoms with Gasteiger partial charge in [0.1, 0.15) is 0 Å². The molecule has 18 heavy (non-hydrogen) atoms. The lowest BCUT2D eigenvalue weighted by molar-refractivity contribution is 0.0896. The fourth-order valence-corrected chi connectivity index (χ4v) is 1.75. The molecule has 0 radical (unpaired) electrons. The zero-order chi connectivity index (χ0) is 13.7. The van der Waals surface area contributed by atoms with E-state index in [0.717, 1.165) is 18.7 Å². The first-order valence-corrected chi connectivity index (χ1v) is 6.45. The molecule has 0 spiro atoms. The van der Waals surface area contributed by atoms with Gasteiger partial charge in [0.05, 0.1) is 23.9 Å². The first-order valence-electron chi connectivity index (χ1n) is 6.45. The zero-order valence-electron chi connectivity index (χ0n) is 11.6. The molecule has 1 aromatic heterocycles. The summed E-state index contributed by atoms with van der Waals surface area (Å²) in [6.45, 7) is 8.58. The van der Waals surface area contributed by atoms with Gasteiger partial charge in [0.2, 0.25) is 0 Å². The van der Waals surface area contributed by atoms with Crippen LogP contribution in [0.4, 0.5) is 0 Å². The first-order chi connectivity index (χ1) is 8.49. The maximum Gasteiger partial charge on any atom is 0.255 e. The molecule has 1 amide bonds. The molecule has 0 saturated carbocycles. The molecule has 0 aliphatic carbocycles. The van der Waals surface area contributed by atoms with E-state index < -0.39 is 0 Å². The Kier molecular flexibility index (Phi) is 5.34. The molecule has 102 valence electrons. The van der Waals surface area contributed by atoms with Crippen LogP contribution in [-0.4, -0.2) is 33.4 Å². The van der Waals surface area contributed by atoms with Gasteiger partial charge in [-0.3, -0.25) is 9.48 Å². The van der Waals surface area contributed by atoms with Gasteiger partial charge in [-0.2, -0.15) is 5.10 Å². The minimum absolute atomic E-state index is 0.0500. The lowest BCUT2D eigenvalue weighted by atomic mass is 10.1. The number of aliphatic hydroxyl groups excluding tert-OH is 1. The molecule has 5 nitrogen and oxygen atoms in total. The van der Waals surface area contributed by atoms with Crippen molar-refractivity contribution in [3.8, 4) is 0 Å². The Morgan fingerprint density at radius 1 is 1.56 bits per heavy atom. The van der Waals surface area contributed by atoms with Gasteiger partial charge in [0.25, 0.3) is 5.91 Å². The largest absolute Gasteiger partial charge is 0.394 e. The minimum Gasteiger partial charge on any atom is -0.394 e. The number of hydrogen-bond donors (Lipinski definition) is 2. The van der Waals surface area contributed by atoms with Crippen molar-refractivity contribution >= 4 is 5.91 Å². The van der Waals surface area contributed by atoms with Gasteiger partial charge in [-0.15, -0.1) is 0 Å². The van der Waals surface area contributed by atoms with Gasteiger partial charge in [-0.25, -0.2) is 0 Å². The van der Waals surface area contributed by atoms with Gasteiger partial charge in [-0.1, -0.05) is 20.8 Å². The molecule has 1 atom stereocenters. The summed E-state index contributed by atoms with van der Waals surface area (Å²) in [4.78, 5) is 12.1. The van der Waals surface area contributed by atoms with Crippen LogP contribution >= 0.6 is 0 Å². The Morgan fingerprint density at radius 3 is 2.72 bits per heavy atom. The average molecular weight is 253 g/mol. The third kappa shape index (κ3) is 3.57. The van der Waals surface area contributed by atoms with Crippen molar-refractivity contribution in [3.63, 3.8) is 0 Å². The number of rotatable bonds is 6. The van der Waals surface area contributed by atoms with Crippen LogP contribution in [0.2, 0.25) is 0 Å². The molecule has 1 rings (SSSR count). The Hall–Kier alpha value is -1.36. The van der Waals surface area contributed by atoms with Crippen molar-refractivity contribution in [2.24, 2.45) is 5.92 Å². The summed E-state index contributed by atoms with van der Waals surface area (Å²) < 4.78 is 1.79. The van der Waals surface area contributed by atoms with E-state index in [2.05, 4.69) is 17.3 Å². The molecule has 2 N–H and O–H groups in total. The van der Waals surface area contributed by atoms with E-state index >= 15 is 0 Å². The van der Waals surface area contributed by atoms with Crippen LogP contribution < -0.4 is 5.32 Å². The minimum atomic E-state index is -0.216. The van der Waals surface area contributed by atoms with Crippen LogP contribution in [0.1, 0.15) is 43.2 Å². The fourth-order valence-electron chi connectivity index (χ4n) is 1.75. The van der Waals surface area contributed by atoms with Crippen molar-refractivity contribution in [1.82, 2.24) is 15.1 Å². The molecule has 0 aromatic carbocycles. The summed E-state index contributed by atoms with van der Waals surface area (Å²) in [6.07, 6.45) is 2.75. The summed E-state index contributed by atoms with van der Waals surface area (Å²) in [5.74, 6) is 0.0348. The molecule has 0 bridgehead atoms. The van der Waals surface area contributed by atoms with E-state index in [1.165, 1.54) is 0 Å². The second-order valence-electron chi connectivity index (χ2n) is 4.90. The zero-order valence-corrected chi connectivity index (χ0v) is 11.6. The van der Waals surface area contributed by atoms with Crippen molar-refractivity contribution in [3.05, 3.63) is 17.5 Å².